The summed E-state index contributed by atoms with van der Waals surface area (Å²) >= 11 is 0. The molecule has 0 spiro atoms. The Morgan fingerprint density at radius 1 is 1.33 bits per heavy atom. The predicted octanol–water partition coefficient (Wildman–Crippen LogP) is 2.19. The molecule has 0 bridgehead atoms. The van der Waals surface area contributed by atoms with Gasteiger partial charge in [-0.1, -0.05) is 12.2 Å². The normalized spacial score (nSPS) is 16.1. The lowest BCUT2D eigenvalue weighted by Gasteiger charge is -2.37. The van der Waals surface area contributed by atoms with Gasteiger partial charge in [-0.05, 0) is 20.8 Å². The summed E-state index contributed by atoms with van der Waals surface area (Å²) in [6.07, 6.45) is 7.83. The number of rotatable bonds is 2. The van der Waals surface area contributed by atoms with E-state index in [9.17, 15) is 0 Å². The third-order valence-corrected chi connectivity index (χ3v) is 2.35. The summed E-state index contributed by atoms with van der Waals surface area (Å²) < 4.78 is 0. The molecule has 1 aliphatic rings. The van der Waals surface area contributed by atoms with Crippen molar-refractivity contribution in [3.63, 3.8) is 0 Å². The van der Waals surface area contributed by atoms with E-state index in [0.717, 1.165) is 5.57 Å². The molecule has 1 rings (SSSR count). The Hall–Kier alpha value is -1.18. The largest absolute Gasteiger partial charge is 0.365 e. The third kappa shape index (κ3) is 1.52. The van der Waals surface area contributed by atoms with Gasteiger partial charge < -0.3 is 10.2 Å². The van der Waals surface area contributed by atoms with Crippen LogP contribution in [0, 0.1) is 0 Å². The monoisotopic (exact) mass is 164 g/mol. The molecule has 0 aliphatic carbocycles. The van der Waals surface area contributed by atoms with Crippen LogP contribution in [0.2, 0.25) is 0 Å². The van der Waals surface area contributed by atoms with Gasteiger partial charge >= 0.3 is 0 Å². The fourth-order valence-electron chi connectivity index (χ4n) is 0.945. The molecular weight excluding hydrogens is 148 g/mol. The third-order valence-electron chi connectivity index (χ3n) is 2.35. The maximum absolute atomic E-state index is 3.97. The Morgan fingerprint density at radius 2 is 1.83 bits per heavy atom. The van der Waals surface area contributed by atoms with E-state index in [2.05, 4.69) is 30.6 Å². The Kier molecular flexibility index (Phi) is 2.27. The Morgan fingerprint density at radius 3 is 2.25 bits per heavy atom. The van der Waals surface area contributed by atoms with Crippen molar-refractivity contribution in [2.75, 3.05) is 0 Å². The van der Waals surface area contributed by atoms with E-state index >= 15 is 0 Å². The van der Waals surface area contributed by atoms with Gasteiger partial charge in [-0.2, -0.15) is 0 Å². The van der Waals surface area contributed by atoms with Gasteiger partial charge in [0.25, 0.3) is 0 Å². The maximum atomic E-state index is 3.97. The molecule has 12 heavy (non-hydrogen) atoms. The molecule has 0 atom stereocenters. The number of hydrogen-bond donors (Lipinski definition) is 1. The fraction of sp³-hybridized carbons (Fsp3) is 0.400. The van der Waals surface area contributed by atoms with E-state index in [4.69, 9.17) is 0 Å². The van der Waals surface area contributed by atoms with Crippen LogP contribution in [-0.4, -0.2) is 10.4 Å². The van der Waals surface area contributed by atoms with E-state index in [1.807, 2.05) is 31.7 Å². The smallest absolute Gasteiger partial charge is 0.0590 e. The summed E-state index contributed by atoms with van der Waals surface area (Å²) in [6.45, 7) is 10.3. The second-order valence-electron chi connectivity index (χ2n) is 3.54. The minimum atomic E-state index is -0.00486. The van der Waals surface area contributed by atoms with Gasteiger partial charge in [-0.15, -0.1) is 0 Å². The van der Waals surface area contributed by atoms with Gasteiger partial charge in [-0.25, -0.2) is 0 Å². The van der Waals surface area contributed by atoms with E-state index in [1.165, 1.54) is 0 Å². The molecule has 0 aromatic heterocycles. The van der Waals surface area contributed by atoms with E-state index in [1.54, 1.807) is 0 Å². The first-order valence-electron chi connectivity index (χ1n) is 4.09. The summed E-state index contributed by atoms with van der Waals surface area (Å²) in [5.74, 6) is 0. The summed E-state index contributed by atoms with van der Waals surface area (Å²) in [6, 6.07) is 0. The topological polar surface area (TPSA) is 15.3 Å². The molecular formula is C10H16N2. The molecule has 0 amide bonds. The van der Waals surface area contributed by atoms with Crippen molar-refractivity contribution in [1.29, 1.82) is 0 Å². The second kappa shape index (κ2) is 3.05. The molecule has 0 saturated carbocycles. The quantitative estimate of drug-likeness (QED) is 0.629. The zero-order chi connectivity index (χ0) is 9.19. The van der Waals surface area contributed by atoms with Crippen LogP contribution in [-0.2, 0) is 0 Å². The number of hydrogen-bond acceptors (Lipinski definition) is 2. The Balaban J connectivity index is 2.80. The van der Waals surface area contributed by atoms with Crippen molar-refractivity contribution in [3.05, 3.63) is 37.0 Å². The van der Waals surface area contributed by atoms with Crippen LogP contribution >= 0.6 is 0 Å². The van der Waals surface area contributed by atoms with Gasteiger partial charge in [0, 0.05) is 24.8 Å². The summed E-state index contributed by atoms with van der Waals surface area (Å²) in [7, 11) is 0. The molecule has 0 aromatic rings. The number of nitrogens with zero attached hydrogens (tertiary/aromatic N) is 1. The Bertz CT molecular complexity index is 224. The lowest BCUT2D eigenvalue weighted by molar-refractivity contribution is 0.297. The van der Waals surface area contributed by atoms with Crippen molar-refractivity contribution in [3.8, 4) is 0 Å². The molecule has 1 aliphatic heterocycles. The minimum absolute atomic E-state index is 0.00486. The first-order chi connectivity index (χ1) is 5.55. The molecule has 1 heterocycles. The van der Waals surface area contributed by atoms with Crippen molar-refractivity contribution in [2.45, 2.75) is 26.3 Å². The second-order valence-corrected chi connectivity index (χ2v) is 3.54. The van der Waals surface area contributed by atoms with Gasteiger partial charge in [0.05, 0.1) is 5.54 Å². The molecule has 0 fully saturated rings. The highest BCUT2D eigenvalue weighted by Gasteiger charge is 2.23. The van der Waals surface area contributed by atoms with E-state index < -0.39 is 0 Å². The van der Waals surface area contributed by atoms with Crippen LogP contribution in [0.5, 0.6) is 0 Å². The Labute approximate surface area is 74.3 Å². The summed E-state index contributed by atoms with van der Waals surface area (Å²) in [5.41, 5.74) is 1.15. The van der Waals surface area contributed by atoms with E-state index in [-0.39, 0.29) is 5.54 Å². The zero-order valence-corrected chi connectivity index (χ0v) is 7.96. The summed E-state index contributed by atoms with van der Waals surface area (Å²) in [5, 5.41) is 2.99. The van der Waals surface area contributed by atoms with Gasteiger partial charge in [0.1, 0.15) is 0 Å². The lowest BCUT2D eigenvalue weighted by Crippen LogP contribution is -2.38. The zero-order valence-electron chi connectivity index (χ0n) is 7.96. The average Bonchev–Trinajstić information content (AvgIpc) is 2.06. The van der Waals surface area contributed by atoms with Crippen molar-refractivity contribution < 1.29 is 0 Å². The first kappa shape index (κ1) is 8.91. The summed E-state index contributed by atoms with van der Waals surface area (Å²) in [4.78, 5) is 2.13. The first-order valence-corrected chi connectivity index (χ1v) is 4.09. The molecule has 0 radical (unpaired) electrons. The van der Waals surface area contributed by atoms with Crippen LogP contribution in [0.15, 0.2) is 37.0 Å². The van der Waals surface area contributed by atoms with Crippen LogP contribution in [0.25, 0.3) is 0 Å². The SMILES string of the molecule is C=C(C)C(C)(C)N1C=CNC=C1. The van der Waals surface area contributed by atoms with Crippen molar-refractivity contribution in [2.24, 2.45) is 0 Å². The van der Waals surface area contributed by atoms with Crippen LogP contribution in [0.4, 0.5) is 0 Å². The molecule has 2 heteroatoms. The van der Waals surface area contributed by atoms with Crippen molar-refractivity contribution >= 4 is 0 Å². The highest BCUT2D eigenvalue weighted by Crippen LogP contribution is 2.23. The molecule has 0 unspecified atom stereocenters. The molecule has 2 nitrogen and oxygen atoms in total. The molecule has 66 valence electrons. The van der Waals surface area contributed by atoms with Gasteiger partial charge in [-0.3, -0.25) is 0 Å². The lowest BCUT2D eigenvalue weighted by atomic mass is 9.95. The molecule has 0 saturated heterocycles. The molecule has 0 aromatic carbocycles. The van der Waals surface area contributed by atoms with Gasteiger partial charge in [0.15, 0.2) is 0 Å². The van der Waals surface area contributed by atoms with Crippen LogP contribution < -0.4 is 5.32 Å². The standard InChI is InChI=1S/C10H16N2/c1-9(2)10(3,4)12-7-5-11-6-8-12/h5-8,11H,1H2,2-4H3. The van der Waals surface area contributed by atoms with E-state index in [0.29, 0.717) is 0 Å². The highest BCUT2D eigenvalue weighted by atomic mass is 15.2. The average molecular weight is 164 g/mol. The van der Waals surface area contributed by atoms with Crippen molar-refractivity contribution in [1.82, 2.24) is 10.2 Å². The maximum Gasteiger partial charge on any atom is 0.0590 e. The van der Waals surface area contributed by atoms with Crippen LogP contribution in [0.1, 0.15) is 20.8 Å². The van der Waals surface area contributed by atoms with Crippen LogP contribution in [0.3, 0.4) is 0 Å². The fourth-order valence-corrected chi connectivity index (χ4v) is 0.945. The number of nitrogens with one attached hydrogen (secondary N) is 1. The highest BCUT2D eigenvalue weighted by molar-refractivity contribution is 5.17. The predicted molar refractivity (Wildman–Crippen MR) is 52.1 cm³/mol. The molecule has 1 N–H and O–H groups in total. The van der Waals surface area contributed by atoms with Gasteiger partial charge in [0.2, 0.25) is 0 Å². The minimum Gasteiger partial charge on any atom is -0.365 e.